The second kappa shape index (κ2) is 5.58. The molecule has 1 heterocycles. The van der Waals surface area contributed by atoms with Gasteiger partial charge >= 0.3 is 0 Å². The Morgan fingerprint density at radius 3 is 2.80 bits per heavy atom. The number of hydrogen-bond acceptors (Lipinski definition) is 2. The number of carbonyl (C=O) groups is 1. The molecule has 15 heavy (non-hydrogen) atoms. The SMILES string of the molecule is CC(Br)CCN(C)C(=O)C1(C)CCCS1. The molecule has 0 spiro atoms. The first kappa shape index (κ1) is 13.4. The monoisotopic (exact) mass is 293 g/mol. The van der Waals surface area contributed by atoms with Crippen LogP contribution in [0, 0.1) is 0 Å². The van der Waals surface area contributed by atoms with Crippen LogP contribution in [-0.2, 0) is 4.79 Å². The van der Waals surface area contributed by atoms with Gasteiger partial charge in [-0.2, -0.15) is 0 Å². The summed E-state index contributed by atoms with van der Waals surface area (Å²) in [5.41, 5.74) is 0. The quantitative estimate of drug-likeness (QED) is 0.743. The third kappa shape index (κ3) is 3.66. The first-order valence-corrected chi connectivity index (χ1v) is 7.39. The molecular formula is C11H20BrNOS. The van der Waals surface area contributed by atoms with Crippen molar-refractivity contribution in [2.75, 3.05) is 19.3 Å². The van der Waals surface area contributed by atoms with Crippen molar-refractivity contribution < 1.29 is 4.79 Å². The number of hydrogen-bond donors (Lipinski definition) is 0. The Hall–Kier alpha value is 0.300. The number of amides is 1. The predicted octanol–water partition coefficient (Wildman–Crippen LogP) is 2.90. The lowest BCUT2D eigenvalue weighted by molar-refractivity contribution is -0.132. The summed E-state index contributed by atoms with van der Waals surface area (Å²) in [7, 11) is 1.92. The first-order valence-electron chi connectivity index (χ1n) is 5.49. The van der Waals surface area contributed by atoms with E-state index in [2.05, 4.69) is 29.8 Å². The highest BCUT2D eigenvalue weighted by molar-refractivity contribution is 9.09. The van der Waals surface area contributed by atoms with E-state index in [0.717, 1.165) is 25.1 Å². The minimum atomic E-state index is -0.149. The minimum Gasteiger partial charge on any atom is -0.345 e. The number of halogens is 1. The van der Waals surface area contributed by atoms with Crippen molar-refractivity contribution in [3.8, 4) is 0 Å². The second-order valence-electron chi connectivity index (χ2n) is 4.48. The molecule has 4 heteroatoms. The highest BCUT2D eigenvalue weighted by Gasteiger charge is 2.38. The number of nitrogens with zero attached hydrogens (tertiary/aromatic N) is 1. The zero-order valence-electron chi connectivity index (χ0n) is 9.75. The van der Waals surface area contributed by atoms with Gasteiger partial charge in [0.05, 0.1) is 4.75 Å². The lowest BCUT2D eigenvalue weighted by Gasteiger charge is -2.28. The summed E-state index contributed by atoms with van der Waals surface area (Å²) in [6.45, 7) is 5.05. The number of thioether (sulfide) groups is 1. The molecule has 1 rings (SSSR count). The van der Waals surface area contributed by atoms with Crippen molar-refractivity contribution in [1.82, 2.24) is 4.90 Å². The van der Waals surface area contributed by atoms with Gasteiger partial charge in [0.1, 0.15) is 0 Å². The third-order valence-corrected chi connectivity index (χ3v) is 4.85. The van der Waals surface area contributed by atoms with Crippen LogP contribution in [0.25, 0.3) is 0 Å². The standard InChI is InChI=1S/C11H20BrNOS/c1-9(12)5-7-13(3)10(14)11(2)6-4-8-15-11/h9H,4-8H2,1-3H3. The smallest absolute Gasteiger partial charge is 0.238 e. The Morgan fingerprint density at radius 2 is 2.33 bits per heavy atom. The molecular weight excluding hydrogens is 274 g/mol. The van der Waals surface area contributed by atoms with Crippen LogP contribution >= 0.6 is 27.7 Å². The molecule has 0 aromatic carbocycles. The van der Waals surface area contributed by atoms with E-state index < -0.39 is 0 Å². The summed E-state index contributed by atoms with van der Waals surface area (Å²) >= 11 is 5.32. The van der Waals surface area contributed by atoms with Crippen molar-refractivity contribution >= 4 is 33.6 Å². The van der Waals surface area contributed by atoms with Gasteiger partial charge < -0.3 is 4.90 Å². The van der Waals surface area contributed by atoms with Crippen LogP contribution in [0.3, 0.4) is 0 Å². The fourth-order valence-electron chi connectivity index (χ4n) is 1.82. The van der Waals surface area contributed by atoms with Crippen LogP contribution in [0.15, 0.2) is 0 Å². The molecule has 2 atom stereocenters. The van der Waals surface area contributed by atoms with E-state index in [-0.39, 0.29) is 4.75 Å². The van der Waals surface area contributed by atoms with Crippen molar-refractivity contribution in [2.45, 2.75) is 42.7 Å². The summed E-state index contributed by atoms with van der Waals surface area (Å²) in [5.74, 6) is 1.43. The van der Waals surface area contributed by atoms with Gasteiger partial charge in [-0.05, 0) is 31.9 Å². The van der Waals surface area contributed by atoms with Crippen molar-refractivity contribution in [3.63, 3.8) is 0 Å². The normalized spacial score (nSPS) is 27.7. The van der Waals surface area contributed by atoms with Crippen molar-refractivity contribution in [1.29, 1.82) is 0 Å². The van der Waals surface area contributed by atoms with Gasteiger partial charge in [0.2, 0.25) is 5.91 Å². The highest BCUT2D eigenvalue weighted by Crippen LogP contribution is 2.38. The van der Waals surface area contributed by atoms with E-state index in [9.17, 15) is 4.79 Å². The van der Waals surface area contributed by atoms with Crippen LogP contribution in [0.1, 0.15) is 33.1 Å². The average Bonchev–Trinajstić information content (AvgIpc) is 2.61. The molecule has 0 aromatic heterocycles. The molecule has 1 aliphatic rings. The lowest BCUT2D eigenvalue weighted by atomic mass is 10.0. The Morgan fingerprint density at radius 1 is 1.67 bits per heavy atom. The van der Waals surface area contributed by atoms with Gasteiger partial charge in [-0.3, -0.25) is 4.79 Å². The van der Waals surface area contributed by atoms with Crippen LogP contribution in [0.5, 0.6) is 0 Å². The minimum absolute atomic E-state index is 0.149. The first-order chi connectivity index (χ1) is 6.96. The summed E-state index contributed by atoms with van der Waals surface area (Å²) in [6, 6.07) is 0. The number of carbonyl (C=O) groups excluding carboxylic acids is 1. The molecule has 0 aromatic rings. The number of rotatable bonds is 4. The van der Waals surface area contributed by atoms with Crippen LogP contribution in [0.4, 0.5) is 0 Å². The summed E-state index contributed by atoms with van der Waals surface area (Å²) in [4.78, 5) is 14.5. The van der Waals surface area contributed by atoms with Crippen LogP contribution < -0.4 is 0 Å². The molecule has 0 N–H and O–H groups in total. The topological polar surface area (TPSA) is 20.3 Å². The van der Waals surface area contributed by atoms with E-state index in [0.29, 0.717) is 10.7 Å². The zero-order valence-corrected chi connectivity index (χ0v) is 12.2. The van der Waals surface area contributed by atoms with Crippen molar-refractivity contribution in [2.24, 2.45) is 0 Å². The fraction of sp³-hybridized carbons (Fsp3) is 0.909. The molecule has 0 radical (unpaired) electrons. The fourth-order valence-corrected chi connectivity index (χ4v) is 3.34. The Kier molecular flexibility index (Phi) is 4.97. The van der Waals surface area contributed by atoms with Gasteiger partial charge in [0.25, 0.3) is 0 Å². The molecule has 2 unspecified atom stereocenters. The summed E-state index contributed by atoms with van der Waals surface area (Å²) < 4.78 is -0.149. The molecule has 0 aliphatic carbocycles. The lowest BCUT2D eigenvalue weighted by Crippen LogP contribution is -2.42. The molecule has 1 saturated heterocycles. The summed E-state index contributed by atoms with van der Waals surface area (Å²) in [5, 5.41) is 0. The Labute approximate surface area is 105 Å². The molecule has 2 nitrogen and oxygen atoms in total. The molecule has 1 aliphatic heterocycles. The summed E-state index contributed by atoms with van der Waals surface area (Å²) in [6.07, 6.45) is 3.23. The maximum absolute atomic E-state index is 12.2. The zero-order chi connectivity index (χ0) is 11.5. The second-order valence-corrected chi connectivity index (χ2v) is 7.64. The third-order valence-electron chi connectivity index (χ3n) is 2.88. The largest absolute Gasteiger partial charge is 0.345 e. The Bertz CT molecular complexity index is 227. The maximum Gasteiger partial charge on any atom is 0.238 e. The number of alkyl halides is 1. The molecule has 1 amide bonds. The highest BCUT2D eigenvalue weighted by atomic mass is 79.9. The van der Waals surface area contributed by atoms with Gasteiger partial charge in [0, 0.05) is 18.4 Å². The van der Waals surface area contributed by atoms with Gasteiger partial charge in [-0.25, -0.2) is 0 Å². The van der Waals surface area contributed by atoms with E-state index in [1.807, 2.05) is 23.7 Å². The van der Waals surface area contributed by atoms with Crippen molar-refractivity contribution in [3.05, 3.63) is 0 Å². The van der Waals surface area contributed by atoms with Gasteiger partial charge in [0.15, 0.2) is 0 Å². The molecule has 1 fully saturated rings. The van der Waals surface area contributed by atoms with Gasteiger partial charge in [-0.15, -0.1) is 11.8 Å². The van der Waals surface area contributed by atoms with E-state index >= 15 is 0 Å². The molecule has 0 saturated carbocycles. The maximum atomic E-state index is 12.2. The molecule has 88 valence electrons. The predicted molar refractivity (Wildman–Crippen MR) is 70.7 cm³/mol. The Balaban J connectivity index is 2.44. The van der Waals surface area contributed by atoms with E-state index in [4.69, 9.17) is 0 Å². The van der Waals surface area contributed by atoms with E-state index in [1.54, 1.807) is 0 Å². The average molecular weight is 294 g/mol. The van der Waals surface area contributed by atoms with E-state index in [1.165, 1.54) is 6.42 Å². The van der Waals surface area contributed by atoms with Crippen LogP contribution in [-0.4, -0.2) is 39.7 Å². The van der Waals surface area contributed by atoms with Crippen LogP contribution in [0.2, 0.25) is 0 Å². The van der Waals surface area contributed by atoms with Gasteiger partial charge in [-0.1, -0.05) is 22.9 Å². The molecule has 0 bridgehead atoms.